The normalized spacial score (nSPS) is 10.6. The van der Waals surface area contributed by atoms with Crippen LogP contribution >= 0.6 is 0 Å². The first-order chi connectivity index (χ1) is 8.36. The molecular formula is C12H11N5. The lowest BCUT2D eigenvalue weighted by molar-refractivity contribution is 1.28. The highest BCUT2D eigenvalue weighted by molar-refractivity contribution is 5.82. The van der Waals surface area contributed by atoms with Crippen molar-refractivity contribution in [2.75, 3.05) is 5.43 Å². The predicted molar refractivity (Wildman–Crippen MR) is 67.1 cm³/mol. The van der Waals surface area contributed by atoms with Gasteiger partial charge in [-0.25, -0.2) is 4.98 Å². The van der Waals surface area contributed by atoms with Crippen molar-refractivity contribution in [2.24, 2.45) is 5.84 Å². The maximum atomic E-state index is 5.37. The Balaban J connectivity index is 2.14. The fourth-order valence-electron chi connectivity index (χ4n) is 1.75. The molecule has 0 fully saturated rings. The Kier molecular flexibility index (Phi) is 2.23. The van der Waals surface area contributed by atoms with Crippen LogP contribution in [0.3, 0.4) is 0 Å². The van der Waals surface area contributed by atoms with Crippen LogP contribution in [0.25, 0.3) is 22.4 Å². The van der Waals surface area contributed by atoms with Crippen LogP contribution in [-0.4, -0.2) is 15.0 Å². The fourth-order valence-corrected chi connectivity index (χ4v) is 1.75. The Morgan fingerprint density at radius 2 is 1.94 bits per heavy atom. The number of nitrogens with zero attached hydrogens (tertiary/aromatic N) is 2. The van der Waals surface area contributed by atoms with Gasteiger partial charge >= 0.3 is 0 Å². The number of hydrogen-bond donors (Lipinski definition) is 3. The Morgan fingerprint density at radius 1 is 1.12 bits per heavy atom. The van der Waals surface area contributed by atoms with Crippen molar-refractivity contribution >= 4 is 16.7 Å². The molecule has 3 aromatic rings. The molecule has 0 aliphatic rings. The Bertz CT molecular complexity index is 644. The fraction of sp³-hybridized carbons (Fsp3) is 0. The third-order valence-corrected chi connectivity index (χ3v) is 2.60. The van der Waals surface area contributed by atoms with E-state index in [1.54, 1.807) is 12.4 Å². The number of hydrogen-bond acceptors (Lipinski definition) is 4. The molecule has 0 radical (unpaired) electrons. The summed E-state index contributed by atoms with van der Waals surface area (Å²) in [6, 6.07) is 9.57. The van der Waals surface area contributed by atoms with Crippen molar-refractivity contribution in [3.63, 3.8) is 0 Å². The summed E-state index contributed by atoms with van der Waals surface area (Å²) < 4.78 is 0. The minimum Gasteiger partial charge on any atom is -0.338 e. The van der Waals surface area contributed by atoms with Crippen molar-refractivity contribution in [1.82, 2.24) is 15.0 Å². The zero-order chi connectivity index (χ0) is 11.7. The van der Waals surface area contributed by atoms with Gasteiger partial charge in [-0.3, -0.25) is 10.8 Å². The summed E-state index contributed by atoms with van der Waals surface area (Å²) in [7, 11) is 0. The van der Waals surface area contributed by atoms with Gasteiger partial charge in [-0.1, -0.05) is 0 Å². The largest absolute Gasteiger partial charge is 0.338 e. The first-order valence-corrected chi connectivity index (χ1v) is 5.23. The maximum Gasteiger partial charge on any atom is 0.138 e. The van der Waals surface area contributed by atoms with E-state index in [0.717, 1.165) is 28.1 Å². The second-order valence-corrected chi connectivity index (χ2v) is 3.70. The van der Waals surface area contributed by atoms with Crippen molar-refractivity contribution < 1.29 is 0 Å². The first kappa shape index (κ1) is 9.80. The average molecular weight is 225 g/mol. The monoisotopic (exact) mass is 225 g/mol. The van der Waals surface area contributed by atoms with Gasteiger partial charge in [-0.15, -0.1) is 0 Å². The molecule has 0 aliphatic carbocycles. The molecule has 2 aromatic heterocycles. The number of benzene rings is 1. The van der Waals surface area contributed by atoms with Crippen molar-refractivity contribution in [3.8, 4) is 11.4 Å². The highest BCUT2D eigenvalue weighted by atomic mass is 15.2. The number of anilines is 1. The van der Waals surface area contributed by atoms with Gasteiger partial charge in [0.05, 0.1) is 16.7 Å². The lowest BCUT2D eigenvalue weighted by Crippen LogP contribution is -2.05. The van der Waals surface area contributed by atoms with E-state index in [9.17, 15) is 0 Å². The van der Waals surface area contributed by atoms with Gasteiger partial charge in [0, 0.05) is 18.0 Å². The van der Waals surface area contributed by atoms with Gasteiger partial charge in [0.15, 0.2) is 0 Å². The number of pyridine rings is 1. The minimum atomic E-state index is 0.830. The Labute approximate surface area is 97.7 Å². The van der Waals surface area contributed by atoms with Crippen LogP contribution in [0.1, 0.15) is 0 Å². The molecule has 5 heteroatoms. The number of hydrazine groups is 1. The van der Waals surface area contributed by atoms with Gasteiger partial charge < -0.3 is 10.4 Å². The minimum absolute atomic E-state index is 0.830. The second-order valence-electron chi connectivity index (χ2n) is 3.70. The van der Waals surface area contributed by atoms with Crippen LogP contribution in [0.5, 0.6) is 0 Å². The van der Waals surface area contributed by atoms with Crippen molar-refractivity contribution in [3.05, 3.63) is 42.7 Å². The highest BCUT2D eigenvalue weighted by Crippen LogP contribution is 2.21. The van der Waals surface area contributed by atoms with Gasteiger partial charge in [-0.2, -0.15) is 0 Å². The van der Waals surface area contributed by atoms with E-state index in [1.165, 1.54) is 0 Å². The van der Waals surface area contributed by atoms with E-state index in [1.807, 2.05) is 30.3 Å². The molecule has 4 N–H and O–H groups in total. The standard InChI is InChI=1S/C12H11N5/c13-17-9-1-2-10-11(7-9)16-12(15-10)8-3-5-14-6-4-8/h1-7,17H,13H2,(H,15,16). The molecule has 0 unspecified atom stereocenters. The zero-order valence-corrected chi connectivity index (χ0v) is 9.01. The molecule has 3 rings (SSSR count). The molecular weight excluding hydrogens is 214 g/mol. The maximum absolute atomic E-state index is 5.37. The summed E-state index contributed by atoms with van der Waals surface area (Å²) in [6.45, 7) is 0. The molecule has 0 amide bonds. The number of H-pyrrole nitrogens is 1. The van der Waals surface area contributed by atoms with E-state index in [4.69, 9.17) is 5.84 Å². The average Bonchev–Trinajstić information content (AvgIpc) is 2.82. The number of nitrogens with one attached hydrogen (secondary N) is 2. The van der Waals surface area contributed by atoms with Crippen LogP contribution in [0, 0.1) is 0 Å². The molecule has 84 valence electrons. The Hall–Kier alpha value is -2.40. The summed E-state index contributed by atoms with van der Waals surface area (Å²) in [6.07, 6.45) is 3.49. The summed E-state index contributed by atoms with van der Waals surface area (Å²) in [5.74, 6) is 6.20. The van der Waals surface area contributed by atoms with Crippen LogP contribution in [-0.2, 0) is 0 Å². The van der Waals surface area contributed by atoms with Crippen molar-refractivity contribution in [2.45, 2.75) is 0 Å². The smallest absolute Gasteiger partial charge is 0.138 e. The van der Waals surface area contributed by atoms with Crippen LogP contribution in [0.2, 0.25) is 0 Å². The number of nitrogen functional groups attached to an aromatic ring is 1. The van der Waals surface area contributed by atoms with Crippen LogP contribution < -0.4 is 11.3 Å². The third kappa shape index (κ3) is 1.72. The first-order valence-electron chi connectivity index (χ1n) is 5.23. The SMILES string of the molecule is NNc1ccc2nc(-c3ccncc3)[nH]c2c1. The van der Waals surface area contributed by atoms with Gasteiger partial charge in [0.2, 0.25) is 0 Å². The van der Waals surface area contributed by atoms with E-state index in [2.05, 4.69) is 20.4 Å². The Morgan fingerprint density at radius 3 is 2.71 bits per heavy atom. The molecule has 17 heavy (non-hydrogen) atoms. The highest BCUT2D eigenvalue weighted by Gasteiger charge is 2.05. The topological polar surface area (TPSA) is 79.6 Å². The lowest BCUT2D eigenvalue weighted by Gasteiger charge is -1.97. The van der Waals surface area contributed by atoms with Crippen LogP contribution in [0.15, 0.2) is 42.7 Å². The molecule has 5 nitrogen and oxygen atoms in total. The molecule has 0 saturated carbocycles. The summed E-state index contributed by atoms with van der Waals surface area (Å²) in [5.41, 5.74) is 6.34. The summed E-state index contributed by atoms with van der Waals surface area (Å²) >= 11 is 0. The molecule has 2 heterocycles. The number of aromatic nitrogens is 3. The van der Waals surface area contributed by atoms with E-state index in [0.29, 0.717) is 0 Å². The molecule has 0 atom stereocenters. The number of rotatable bonds is 2. The lowest BCUT2D eigenvalue weighted by atomic mass is 10.2. The summed E-state index contributed by atoms with van der Waals surface area (Å²) in [4.78, 5) is 11.7. The molecule has 0 bridgehead atoms. The van der Waals surface area contributed by atoms with Gasteiger partial charge in [0.1, 0.15) is 5.82 Å². The van der Waals surface area contributed by atoms with E-state index >= 15 is 0 Å². The summed E-state index contributed by atoms with van der Waals surface area (Å²) in [5, 5.41) is 0. The zero-order valence-electron chi connectivity index (χ0n) is 9.01. The van der Waals surface area contributed by atoms with Gasteiger partial charge in [-0.05, 0) is 30.3 Å². The second kappa shape index (κ2) is 3.88. The number of fused-ring (bicyclic) bond motifs is 1. The predicted octanol–water partition coefficient (Wildman–Crippen LogP) is 1.91. The molecule has 0 spiro atoms. The molecule has 0 aliphatic heterocycles. The van der Waals surface area contributed by atoms with Gasteiger partial charge in [0.25, 0.3) is 0 Å². The number of aromatic amines is 1. The van der Waals surface area contributed by atoms with Crippen LogP contribution in [0.4, 0.5) is 5.69 Å². The number of nitrogens with two attached hydrogens (primary N) is 1. The van der Waals surface area contributed by atoms with E-state index < -0.39 is 0 Å². The van der Waals surface area contributed by atoms with E-state index in [-0.39, 0.29) is 0 Å². The number of imidazole rings is 1. The quantitative estimate of drug-likeness (QED) is 0.459. The third-order valence-electron chi connectivity index (χ3n) is 2.60. The van der Waals surface area contributed by atoms with Crippen molar-refractivity contribution in [1.29, 1.82) is 0 Å². The molecule has 1 aromatic carbocycles. The molecule has 0 saturated heterocycles.